The van der Waals surface area contributed by atoms with Crippen LogP contribution in [-0.4, -0.2) is 33.5 Å². The molecule has 8 heteroatoms. The summed E-state index contributed by atoms with van der Waals surface area (Å²) >= 11 is 0. The van der Waals surface area contributed by atoms with Gasteiger partial charge in [0, 0.05) is 25.0 Å². The molecule has 0 amide bonds. The fraction of sp³-hybridized carbons (Fsp3) is 0.167. The molecule has 0 aliphatic heterocycles. The van der Waals surface area contributed by atoms with Crippen molar-refractivity contribution in [3.8, 4) is 22.8 Å². The van der Waals surface area contributed by atoms with Crippen LogP contribution in [0.5, 0.6) is 11.5 Å². The molecule has 0 unspecified atom stereocenters. The second-order valence-electron chi connectivity index (χ2n) is 5.32. The second-order valence-corrected chi connectivity index (χ2v) is 5.32. The van der Waals surface area contributed by atoms with Gasteiger partial charge < -0.3 is 9.47 Å². The normalized spacial score (nSPS) is 11.3. The van der Waals surface area contributed by atoms with E-state index in [0.717, 1.165) is 16.8 Å². The smallest absolute Gasteiger partial charge is 0.387 e. The third kappa shape index (κ3) is 4.21. The molecule has 3 rings (SSSR count). The Morgan fingerprint density at radius 1 is 1.15 bits per heavy atom. The van der Waals surface area contributed by atoms with Crippen LogP contribution in [0, 0.1) is 0 Å². The maximum atomic E-state index is 12.4. The lowest BCUT2D eigenvalue weighted by molar-refractivity contribution is -0.0512. The molecule has 0 saturated heterocycles. The molecule has 0 saturated carbocycles. The van der Waals surface area contributed by atoms with Crippen LogP contribution in [0.2, 0.25) is 0 Å². The first-order valence-corrected chi connectivity index (χ1v) is 7.68. The van der Waals surface area contributed by atoms with Gasteiger partial charge in [0.25, 0.3) is 0 Å². The van der Waals surface area contributed by atoms with Gasteiger partial charge in [0.1, 0.15) is 0 Å². The van der Waals surface area contributed by atoms with Crippen LogP contribution in [0.15, 0.2) is 42.9 Å². The molecule has 0 spiro atoms. The quantitative estimate of drug-likeness (QED) is 0.673. The molecule has 134 valence electrons. The maximum Gasteiger partial charge on any atom is 0.387 e. The van der Waals surface area contributed by atoms with Crippen molar-refractivity contribution in [2.45, 2.75) is 6.61 Å². The summed E-state index contributed by atoms with van der Waals surface area (Å²) in [5.74, 6) is 0.713. The van der Waals surface area contributed by atoms with E-state index in [1.165, 1.54) is 13.2 Å². The first-order valence-electron chi connectivity index (χ1n) is 7.68. The molecule has 0 fully saturated rings. The Kier molecular flexibility index (Phi) is 5.21. The van der Waals surface area contributed by atoms with Gasteiger partial charge in [0.15, 0.2) is 17.3 Å². The summed E-state index contributed by atoms with van der Waals surface area (Å²) in [7, 11) is 3.22. The molecular weight excluding hydrogens is 342 g/mol. The lowest BCUT2D eigenvalue weighted by atomic mass is 10.2. The Balaban J connectivity index is 1.81. The first-order chi connectivity index (χ1) is 12.5. The molecule has 0 atom stereocenters. The first kappa shape index (κ1) is 17.5. The minimum atomic E-state index is -2.91. The number of aryl methyl sites for hydroxylation is 1. The molecule has 6 nitrogen and oxygen atoms in total. The number of aromatic nitrogens is 4. The van der Waals surface area contributed by atoms with E-state index in [-0.39, 0.29) is 11.5 Å². The SMILES string of the molecule is COc1cc(C=Cc2nccc(-c3cnn(C)c3)n2)ccc1OC(F)F. The van der Waals surface area contributed by atoms with Crippen molar-refractivity contribution in [1.82, 2.24) is 19.7 Å². The highest BCUT2D eigenvalue weighted by Gasteiger charge is 2.10. The molecule has 2 aromatic heterocycles. The summed E-state index contributed by atoms with van der Waals surface area (Å²) in [6, 6.07) is 6.46. The van der Waals surface area contributed by atoms with Gasteiger partial charge in [-0.15, -0.1) is 0 Å². The highest BCUT2D eigenvalue weighted by molar-refractivity contribution is 5.69. The Hall–Kier alpha value is -3.29. The van der Waals surface area contributed by atoms with Crippen LogP contribution >= 0.6 is 0 Å². The zero-order chi connectivity index (χ0) is 18.5. The number of nitrogens with zero attached hydrogens (tertiary/aromatic N) is 4. The summed E-state index contributed by atoms with van der Waals surface area (Å²) in [4.78, 5) is 8.67. The van der Waals surface area contributed by atoms with E-state index >= 15 is 0 Å². The van der Waals surface area contributed by atoms with E-state index in [0.29, 0.717) is 5.82 Å². The highest BCUT2D eigenvalue weighted by Crippen LogP contribution is 2.30. The van der Waals surface area contributed by atoms with Crippen LogP contribution in [0.4, 0.5) is 8.78 Å². The number of hydrogen-bond donors (Lipinski definition) is 0. The molecule has 0 aliphatic carbocycles. The Labute approximate surface area is 148 Å². The van der Waals surface area contributed by atoms with Crippen LogP contribution in [-0.2, 0) is 7.05 Å². The van der Waals surface area contributed by atoms with Gasteiger partial charge in [-0.05, 0) is 29.8 Å². The molecule has 1 aromatic carbocycles. The van der Waals surface area contributed by atoms with Gasteiger partial charge in [-0.3, -0.25) is 4.68 Å². The van der Waals surface area contributed by atoms with Crippen molar-refractivity contribution >= 4 is 12.2 Å². The number of ether oxygens (including phenoxy) is 2. The van der Waals surface area contributed by atoms with Gasteiger partial charge in [-0.2, -0.15) is 13.9 Å². The number of methoxy groups -OCH3 is 1. The van der Waals surface area contributed by atoms with Crippen molar-refractivity contribution < 1.29 is 18.3 Å². The number of benzene rings is 1. The zero-order valence-corrected chi connectivity index (χ0v) is 14.1. The van der Waals surface area contributed by atoms with E-state index in [4.69, 9.17) is 4.74 Å². The standard InChI is InChI=1S/C18H16F2N4O2/c1-24-11-13(10-22-24)14-7-8-21-17(23-14)6-4-12-3-5-15(26-18(19)20)16(9-12)25-2/h3-11,18H,1-2H3. The lowest BCUT2D eigenvalue weighted by Crippen LogP contribution is -2.03. The summed E-state index contributed by atoms with van der Waals surface area (Å²) in [6.45, 7) is -2.91. The van der Waals surface area contributed by atoms with Crippen molar-refractivity contribution in [3.63, 3.8) is 0 Å². The lowest BCUT2D eigenvalue weighted by Gasteiger charge is -2.10. The minimum Gasteiger partial charge on any atom is -0.493 e. The fourth-order valence-corrected chi connectivity index (χ4v) is 2.32. The van der Waals surface area contributed by atoms with E-state index in [9.17, 15) is 8.78 Å². The molecule has 0 bridgehead atoms. The molecule has 3 aromatic rings. The predicted octanol–water partition coefficient (Wildman–Crippen LogP) is 3.66. The largest absolute Gasteiger partial charge is 0.493 e. The van der Waals surface area contributed by atoms with Crippen LogP contribution < -0.4 is 9.47 Å². The Bertz CT molecular complexity index is 925. The highest BCUT2D eigenvalue weighted by atomic mass is 19.3. The summed E-state index contributed by atoms with van der Waals surface area (Å²) < 4.78 is 35.9. The van der Waals surface area contributed by atoms with Gasteiger partial charge in [-0.25, -0.2) is 9.97 Å². The van der Waals surface area contributed by atoms with Crippen molar-refractivity contribution in [1.29, 1.82) is 0 Å². The summed E-state index contributed by atoms with van der Waals surface area (Å²) in [6.07, 6.45) is 8.74. The van der Waals surface area contributed by atoms with Gasteiger partial charge in [0.05, 0.1) is 19.0 Å². The molecule has 2 heterocycles. The number of alkyl halides is 2. The zero-order valence-electron chi connectivity index (χ0n) is 14.1. The third-order valence-electron chi connectivity index (χ3n) is 3.50. The van der Waals surface area contributed by atoms with Crippen LogP contribution in [0.3, 0.4) is 0 Å². The topological polar surface area (TPSA) is 62.1 Å². The average molecular weight is 358 g/mol. The minimum absolute atomic E-state index is 0.0190. The van der Waals surface area contributed by atoms with E-state index < -0.39 is 6.61 Å². The molecular formula is C18H16F2N4O2. The number of halogens is 2. The van der Waals surface area contributed by atoms with Crippen LogP contribution in [0.25, 0.3) is 23.4 Å². The predicted molar refractivity (Wildman–Crippen MR) is 92.8 cm³/mol. The second kappa shape index (κ2) is 7.73. The van der Waals surface area contributed by atoms with E-state index in [1.807, 2.05) is 13.2 Å². The van der Waals surface area contributed by atoms with E-state index in [2.05, 4.69) is 19.8 Å². The van der Waals surface area contributed by atoms with Crippen molar-refractivity contribution in [2.24, 2.45) is 7.05 Å². The third-order valence-corrected chi connectivity index (χ3v) is 3.50. The van der Waals surface area contributed by atoms with Crippen LogP contribution in [0.1, 0.15) is 11.4 Å². The molecule has 26 heavy (non-hydrogen) atoms. The Morgan fingerprint density at radius 3 is 2.69 bits per heavy atom. The van der Waals surface area contributed by atoms with Crippen molar-refractivity contribution in [2.75, 3.05) is 7.11 Å². The van der Waals surface area contributed by atoms with Gasteiger partial charge in [-0.1, -0.05) is 12.1 Å². The molecule has 0 radical (unpaired) electrons. The van der Waals surface area contributed by atoms with Crippen molar-refractivity contribution in [3.05, 3.63) is 54.2 Å². The number of rotatable bonds is 6. The summed E-state index contributed by atoms with van der Waals surface area (Å²) in [5, 5.41) is 4.12. The molecule has 0 N–H and O–H groups in total. The monoisotopic (exact) mass is 358 g/mol. The number of hydrogen-bond acceptors (Lipinski definition) is 5. The fourth-order valence-electron chi connectivity index (χ4n) is 2.32. The Morgan fingerprint density at radius 2 is 2.00 bits per heavy atom. The molecule has 0 aliphatic rings. The average Bonchev–Trinajstić information content (AvgIpc) is 3.07. The van der Waals surface area contributed by atoms with Gasteiger partial charge in [0.2, 0.25) is 0 Å². The van der Waals surface area contributed by atoms with Gasteiger partial charge >= 0.3 is 6.61 Å². The summed E-state index contributed by atoms with van der Waals surface area (Å²) in [5.41, 5.74) is 2.38. The van der Waals surface area contributed by atoms with E-state index in [1.54, 1.807) is 47.4 Å². The maximum absolute atomic E-state index is 12.4.